The van der Waals surface area contributed by atoms with E-state index in [-0.39, 0.29) is 64.2 Å². The largest absolute Gasteiger partial charge is 0.453 e. The van der Waals surface area contributed by atoms with Crippen LogP contribution in [-0.2, 0) is 25.0 Å². The van der Waals surface area contributed by atoms with Gasteiger partial charge in [-0.15, -0.1) is 0 Å². The van der Waals surface area contributed by atoms with Crippen LogP contribution in [0.25, 0.3) is 44.5 Å². The summed E-state index contributed by atoms with van der Waals surface area (Å²) in [5.41, 5.74) is 4.77. The van der Waals surface area contributed by atoms with Crippen LogP contribution in [0, 0.1) is 23.2 Å². The fourth-order valence-corrected chi connectivity index (χ4v) is 11.1. The Bertz CT molecular complexity index is 2690. The first-order valence-corrected chi connectivity index (χ1v) is 22.8. The van der Waals surface area contributed by atoms with Gasteiger partial charge in [0.2, 0.25) is 18.2 Å². The molecule has 5 N–H and O–H groups in total. The smallest absolute Gasteiger partial charge is 0.407 e. The van der Waals surface area contributed by atoms with Crippen LogP contribution in [0.4, 0.5) is 13.6 Å². The van der Waals surface area contributed by atoms with Crippen LogP contribution in [0.2, 0.25) is 0 Å². The van der Waals surface area contributed by atoms with E-state index in [9.17, 15) is 19.5 Å². The number of piperidine rings is 1. The molecular weight excluding hydrogens is 835 g/mol. The Morgan fingerprint density at radius 1 is 0.862 bits per heavy atom. The van der Waals surface area contributed by atoms with Crippen molar-refractivity contribution in [2.45, 2.75) is 109 Å². The first-order valence-electron chi connectivity index (χ1n) is 22.8. The minimum atomic E-state index is -3.28. The van der Waals surface area contributed by atoms with Gasteiger partial charge in [0.1, 0.15) is 17.7 Å². The Morgan fingerprint density at radius 3 is 2.22 bits per heavy atom. The Balaban J connectivity index is 0.895. The number of likely N-dealkylation sites (tertiary alicyclic amines) is 2. The van der Waals surface area contributed by atoms with E-state index in [1.807, 2.05) is 67.8 Å². The van der Waals surface area contributed by atoms with Crippen molar-refractivity contribution in [3.05, 3.63) is 83.6 Å². The summed E-state index contributed by atoms with van der Waals surface area (Å²) in [5.74, 6) is -2.37. The summed E-state index contributed by atoms with van der Waals surface area (Å²) in [4.78, 5) is 60.6. The lowest BCUT2D eigenvalue weighted by Gasteiger charge is -2.37. The molecule has 2 aliphatic heterocycles. The Labute approximate surface area is 375 Å². The molecule has 7 atom stereocenters. The lowest BCUT2D eigenvalue weighted by Crippen LogP contribution is -2.54. The van der Waals surface area contributed by atoms with Crippen LogP contribution in [0.1, 0.15) is 101 Å². The van der Waals surface area contributed by atoms with Crippen LogP contribution >= 0.6 is 0 Å². The quantitative estimate of drug-likeness (QED) is 0.0784. The maximum atomic E-state index is 16.7. The normalized spacial score (nSPS) is 23.6. The number of hydrogen-bond donors (Lipinski definition) is 5. The zero-order valence-electron chi connectivity index (χ0n) is 37.5. The molecule has 2 bridgehead atoms. The van der Waals surface area contributed by atoms with Crippen molar-refractivity contribution >= 4 is 28.9 Å². The molecule has 342 valence electrons. The number of imidazole rings is 2. The Kier molecular flexibility index (Phi) is 10.6. The van der Waals surface area contributed by atoms with Gasteiger partial charge in [0, 0.05) is 36.4 Å². The Hall–Kier alpha value is -5.71. The van der Waals surface area contributed by atoms with Gasteiger partial charge in [-0.2, -0.15) is 8.78 Å². The van der Waals surface area contributed by atoms with Crippen LogP contribution < -0.4 is 10.6 Å². The number of hydrogen-bond acceptors (Lipinski definition) is 9. The SMILES string of the molecule is COC(=O)N[C@@H](C(=O)N1[C@@H]2CC[C@@H](C2)[C@H]1c1nc2ccc(-c3ccc4c(c3)C(F)(F)c3cc(-c5cnc(C6CC7(CC7)CN6C(=O)[C@@H](NC(O)OC)C(C)C)[nH]5)ccc3-4)cc2[nH]1)C(C)C. The summed E-state index contributed by atoms with van der Waals surface area (Å²) in [6.45, 7) is 8.20. The molecule has 2 saturated heterocycles. The summed E-state index contributed by atoms with van der Waals surface area (Å²) in [6.07, 6.45) is 5.21. The highest BCUT2D eigenvalue weighted by Crippen LogP contribution is 2.59. The number of methoxy groups -OCH3 is 2. The molecule has 65 heavy (non-hydrogen) atoms. The van der Waals surface area contributed by atoms with E-state index in [1.54, 1.807) is 24.4 Å². The fourth-order valence-electron chi connectivity index (χ4n) is 11.1. The topological polar surface area (TPSA) is 178 Å². The number of benzene rings is 3. The van der Waals surface area contributed by atoms with E-state index in [0.29, 0.717) is 51.7 Å². The molecule has 2 aromatic heterocycles. The number of carbonyl (C=O) groups is 3. The minimum Gasteiger partial charge on any atom is -0.453 e. The van der Waals surface area contributed by atoms with Crippen LogP contribution in [0.15, 0.2) is 60.8 Å². The number of aromatic nitrogens is 4. The molecule has 2 saturated carbocycles. The summed E-state index contributed by atoms with van der Waals surface area (Å²) in [7, 11) is 2.64. The second kappa shape index (κ2) is 16.0. The van der Waals surface area contributed by atoms with E-state index in [1.165, 1.54) is 20.3 Å². The average Bonchev–Trinajstić information content (AvgIpc) is 3.95. The summed E-state index contributed by atoms with van der Waals surface area (Å²) < 4.78 is 43.2. The fraction of sp³-hybridized carbons (Fsp3) is 0.490. The van der Waals surface area contributed by atoms with E-state index < -0.39 is 30.5 Å². The number of aliphatic hydroxyl groups excluding tert-OH is 1. The number of alkyl halides is 2. The van der Waals surface area contributed by atoms with Gasteiger partial charge in [0.25, 0.3) is 5.92 Å². The molecule has 4 fully saturated rings. The number of aliphatic hydroxyl groups is 1. The zero-order chi connectivity index (χ0) is 45.7. The number of nitrogens with zero attached hydrogens (tertiary/aromatic N) is 4. The number of rotatable bonds is 12. The molecule has 5 aromatic rings. The highest BCUT2D eigenvalue weighted by Gasteiger charge is 2.56. The highest BCUT2D eigenvalue weighted by atomic mass is 19.3. The van der Waals surface area contributed by atoms with Crippen LogP contribution in [-0.4, -0.2) is 98.1 Å². The van der Waals surface area contributed by atoms with Crippen LogP contribution in [0.3, 0.4) is 0 Å². The molecule has 14 nitrogen and oxygen atoms in total. The van der Waals surface area contributed by atoms with Crippen molar-refractivity contribution in [1.29, 1.82) is 0 Å². The summed E-state index contributed by atoms with van der Waals surface area (Å²) in [5, 5.41) is 15.8. The number of H-pyrrole nitrogens is 2. The first kappa shape index (κ1) is 43.2. The van der Waals surface area contributed by atoms with Gasteiger partial charge in [0.05, 0.1) is 48.2 Å². The monoisotopic (exact) mass is 890 g/mol. The molecule has 4 heterocycles. The number of amides is 3. The number of alkyl carbamates (subject to hydrolysis) is 1. The van der Waals surface area contributed by atoms with E-state index in [0.717, 1.165) is 49.6 Å². The molecule has 5 aliphatic rings. The predicted molar refractivity (Wildman–Crippen MR) is 238 cm³/mol. The third-order valence-electron chi connectivity index (χ3n) is 14.8. The van der Waals surface area contributed by atoms with Gasteiger partial charge in [0.15, 0.2) is 0 Å². The van der Waals surface area contributed by atoms with Crippen molar-refractivity contribution in [2.75, 3.05) is 20.8 Å². The lowest BCUT2D eigenvalue weighted by molar-refractivity contribution is -0.145. The molecular formula is C49H56F2N8O6. The van der Waals surface area contributed by atoms with Crippen molar-refractivity contribution in [1.82, 2.24) is 40.4 Å². The maximum Gasteiger partial charge on any atom is 0.407 e. The van der Waals surface area contributed by atoms with Crippen molar-refractivity contribution in [3.63, 3.8) is 0 Å². The number of aromatic amines is 2. The number of ether oxygens (including phenoxy) is 2. The predicted octanol–water partition coefficient (Wildman–Crippen LogP) is 7.76. The molecule has 10 rings (SSSR count). The second-order valence-electron chi connectivity index (χ2n) is 19.6. The number of fused-ring (bicyclic) bond motifs is 6. The van der Waals surface area contributed by atoms with E-state index in [2.05, 4.69) is 20.6 Å². The van der Waals surface area contributed by atoms with Gasteiger partial charge in [-0.25, -0.2) is 14.8 Å². The standard InChI is InChI=1S/C49H56F2N8O6/c1-24(2)39(56-46(62)64-5)44(60)58-23-48(15-16-48)21-38(58)42-52-22-37(55-42)28-9-13-32-31-12-8-26(18-33(31)49(50,51)34(32)19-28)27-10-14-35-36(20-27)54-43(53-35)41-29-7-11-30(17-29)59(41)45(61)40(25(3)4)57-47(63)65-6/h8-10,12-14,18-20,22,24-25,29-30,38-41,46,56,62H,7,11,15-17,21,23H2,1-6H3,(H,52,55)(H,53,54)(H,57,63)/t29-,30+,38?,39-,40+,41-,46?/m0/s1. The van der Waals surface area contributed by atoms with Crippen molar-refractivity contribution in [2.24, 2.45) is 23.2 Å². The molecule has 0 radical (unpaired) electrons. The molecule has 2 unspecified atom stereocenters. The van der Waals surface area contributed by atoms with E-state index >= 15 is 8.78 Å². The lowest BCUT2D eigenvalue weighted by atomic mass is 9.95. The minimum absolute atomic E-state index is 0.0326. The summed E-state index contributed by atoms with van der Waals surface area (Å²) >= 11 is 0. The number of nitrogens with one attached hydrogen (secondary N) is 4. The molecule has 3 aromatic carbocycles. The molecule has 3 amide bonds. The Morgan fingerprint density at radius 2 is 1.54 bits per heavy atom. The van der Waals surface area contributed by atoms with Crippen molar-refractivity contribution < 1.29 is 37.7 Å². The molecule has 3 aliphatic carbocycles. The van der Waals surface area contributed by atoms with Gasteiger partial charge >= 0.3 is 6.09 Å². The van der Waals surface area contributed by atoms with Crippen LogP contribution in [0.5, 0.6) is 0 Å². The highest BCUT2D eigenvalue weighted by molar-refractivity contribution is 5.89. The van der Waals surface area contributed by atoms with Gasteiger partial charge in [-0.3, -0.25) is 14.9 Å². The van der Waals surface area contributed by atoms with Gasteiger partial charge < -0.3 is 39.7 Å². The van der Waals surface area contributed by atoms with Gasteiger partial charge in [-0.05, 0) is 108 Å². The average molecular weight is 891 g/mol. The third kappa shape index (κ3) is 7.37. The van der Waals surface area contributed by atoms with Gasteiger partial charge in [-0.1, -0.05) is 58.0 Å². The molecule has 1 spiro atoms. The molecule has 16 heteroatoms. The first-order chi connectivity index (χ1) is 31.1. The summed E-state index contributed by atoms with van der Waals surface area (Å²) in [6, 6.07) is 14.0. The maximum absolute atomic E-state index is 16.7. The second-order valence-corrected chi connectivity index (χ2v) is 19.6. The third-order valence-corrected chi connectivity index (χ3v) is 14.8. The zero-order valence-corrected chi connectivity index (χ0v) is 37.5. The number of carbonyl (C=O) groups excluding carboxylic acids is 3. The van der Waals surface area contributed by atoms with E-state index in [4.69, 9.17) is 19.4 Å². The number of halogens is 2. The van der Waals surface area contributed by atoms with Crippen molar-refractivity contribution in [3.8, 4) is 33.5 Å².